The Balaban J connectivity index is 1.79. The first-order valence-electron chi connectivity index (χ1n) is 6.93. The average molecular weight is 300 g/mol. The Bertz CT molecular complexity index is 677. The van der Waals surface area contributed by atoms with Crippen molar-refractivity contribution in [1.82, 2.24) is 5.32 Å². The fourth-order valence-corrected chi connectivity index (χ4v) is 3.74. The normalized spacial score (nSPS) is 22.9. The van der Waals surface area contributed by atoms with Crippen LogP contribution in [0.25, 0.3) is 11.0 Å². The highest BCUT2D eigenvalue weighted by atomic mass is 32.2. The lowest BCUT2D eigenvalue weighted by Gasteiger charge is -2.22. The van der Waals surface area contributed by atoms with E-state index in [1.165, 1.54) is 0 Å². The Morgan fingerprint density at radius 1 is 1.52 bits per heavy atom. The molecule has 0 aliphatic carbocycles. The molecule has 1 saturated heterocycles. The van der Waals surface area contributed by atoms with E-state index in [0.29, 0.717) is 17.9 Å². The summed E-state index contributed by atoms with van der Waals surface area (Å²) >= 11 is 1.70. The zero-order chi connectivity index (χ0) is 14.9. The average Bonchev–Trinajstić information content (AvgIpc) is 3.13. The number of amides is 1. The molecule has 2 atom stereocenters. The Hall–Kier alpha value is -1.93. The monoisotopic (exact) mass is 300 g/mol. The Morgan fingerprint density at radius 3 is 3.00 bits per heavy atom. The first-order chi connectivity index (χ1) is 10.1. The molecule has 1 aromatic heterocycles. The van der Waals surface area contributed by atoms with E-state index in [2.05, 4.69) is 11.4 Å². The zero-order valence-electron chi connectivity index (χ0n) is 11.8. The van der Waals surface area contributed by atoms with Crippen LogP contribution >= 0.6 is 11.8 Å². The van der Waals surface area contributed by atoms with Gasteiger partial charge in [-0.2, -0.15) is 17.0 Å². The van der Waals surface area contributed by atoms with E-state index in [1.807, 2.05) is 30.3 Å². The summed E-state index contributed by atoms with van der Waals surface area (Å²) in [5.41, 5.74) is 0.0562. The SMILES string of the molecule is C[C@H](C(=O)N[C@]1(C#N)CCSC1)c1cc2ccccc2o1. The summed E-state index contributed by atoms with van der Waals surface area (Å²) in [7, 11) is 0. The summed E-state index contributed by atoms with van der Waals surface area (Å²) in [6.07, 6.45) is 0.701. The van der Waals surface area contributed by atoms with E-state index >= 15 is 0 Å². The van der Waals surface area contributed by atoms with Crippen molar-refractivity contribution in [2.75, 3.05) is 11.5 Å². The van der Waals surface area contributed by atoms with Crippen molar-refractivity contribution in [3.63, 3.8) is 0 Å². The molecule has 3 rings (SSSR count). The molecule has 1 fully saturated rings. The van der Waals surface area contributed by atoms with Crippen LogP contribution in [0.2, 0.25) is 0 Å². The van der Waals surface area contributed by atoms with Gasteiger partial charge in [-0.25, -0.2) is 0 Å². The number of carbonyl (C=O) groups excluding carboxylic acids is 1. The zero-order valence-corrected chi connectivity index (χ0v) is 12.6. The van der Waals surface area contributed by atoms with Crippen LogP contribution < -0.4 is 5.32 Å². The predicted octanol–water partition coefficient (Wildman–Crippen LogP) is 3.05. The van der Waals surface area contributed by atoms with E-state index in [1.54, 1.807) is 18.7 Å². The van der Waals surface area contributed by atoms with Crippen molar-refractivity contribution < 1.29 is 9.21 Å². The third kappa shape index (κ3) is 2.64. The van der Waals surface area contributed by atoms with Crippen LogP contribution in [-0.4, -0.2) is 23.0 Å². The molecule has 0 saturated carbocycles. The van der Waals surface area contributed by atoms with Crippen LogP contribution in [0.4, 0.5) is 0 Å². The van der Waals surface area contributed by atoms with Gasteiger partial charge in [0.25, 0.3) is 0 Å². The molecule has 4 nitrogen and oxygen atoms in total. The number of para-hydroxylation sites is 1. The van der Waals surface area contributed by atoms with Crippen molar-refractivity contribution in [1.29, 1.82) is 5.26 Å². The fourth-order valence-electron chi connectivity index (χ4n) is 2.47. The number of nitrogens with zero attached hydrogens (tertiary/aromatic N) is 1. The minimum Gasteiger partial charge on any atom is -0.460 e. The van der Waals surface area contributed by atoms with Gasteiger partial charge >= 0.3 is 0 Å². The van der Waals surface area contributed by atoms with Crippen molar-refractivity contribution >= 4 is 28.6 Å². The molecule has 0 bridgehead atoms. The molecule has 1 aliphatic rings. The van der Waals surface area contributed by atoms with Gasteiger partial charge in [-0.05, 0) is 31.2 Å². The minimum absolute atomic E-state index is 0.155. The molecule has 21 heavy (non-hydrogen) atoms. The molecule has 2 aromatic rings. The highest BCUT2D eigenvalue weighted by Gasteiger charge is 2.37. The van der Waals surface area contributed by atoms with Crippen molar-refractivity contribution in [2.45, 2.75) is 24.8 Å². The van der Waals surface area contributed by atoms with Gasteiger partial charge in [0.15, 0.2) is 0 Å². The minimum atomic E-state index is -0.720. The van der Waals surface area contributed by atoms with E-state index in [-0.39, 0.29) is 5.91 Å². The van der Waals surface area contributed by atoms with Crippen molar-refractivity contribution in [3.05, 3.63) is 36.1 Å². The van der Waals surface area contributed by atoms with E-state index in [9.17, 15) is 10.1 Å². The summed E-state index contributed by atoms with van der Waals surface area (Å²) in [6, 6.07) is 11.8. The standard InChI is InChI=1S/C16H16N2O2S/c1-11(14-8-12-4-2-3-5-13(12)20-14)15(19)18-16(9-17)6-7-21-10-16/h2-5,8,11H,6-7,10H2,1H3,(H,18,19)/t11-,16-/m0/s1. The Labute approximate surface area is 127 Å². The second kappa shape index (κ2) is 5.45. The lowest BCUT2D eigenvalue weighted by molar-refractivity contribution is -0.123. The first-order valence-corrected chi connectivity index (χ1v) is 8.08. The van der Waals surface area contributed by atoms with Gasteiger partial charge < -0.3 is 9.73 Å². The largest absolute Gasteiger partial charge is 0.460 e. The molecule has 1 aromatic carbocycles. The van der Waals surface area contributed by atoms with Gasteiger partial charge in [0.2, 0.25) is 5.91 Å². The van der Waals surface area contributed by atoms with Crippen LogP contribution in [0.5, 0.6) is 0 Å². The number of benzene rings is 1. The number of furan rings is 1. The summed E-state index contributed by atoms with van der Waals surface area (Å²) in [6.45, 7) is 1.81. The number of rotatable bonds is 3. The van der Waals surface area contributed by atoms with Crippen LogP contribution in [-0.2, 0) is 4.79 Å². The lowest BCUT2D eigenvalue weighted by Crippen LogP contribution is -2.48. The lowest BCUT2D eigenvalue weighted by atomic mass is 9.99. The number of nitriles is 1. The summed E-state index contributed by atoms with van der Waals surface area (Å²) in [5, 5.41) is 13.2. The van der Waals surface area contributed by atoms with Crippen LogP contribution in [0, 0.1) is 11.3 Å². The van der Waals surface area contributed by atoms with Gasteiger partial charge in [0, 0.05) is 11.1 Å². The number of thioether (sulfide) groups is 1. The molecular weight excluding hydrogens is 284 g/mol. The van der Waals surface area contributed by atoms with E-state index < -0.39 is 11.5 Å². The summed E-state index contributed by atoms with van der Waals surface area (Å²) < 4.78 is 5.73. The highest BCUT2D eigenvalue weighted by molar-refractivity contribution is 7.99. The van der Waals surface area contributed by atoms with Crippen LogP contribution in [0.3, 0.4) is 0 Å². The summed E-state index contributed by atoms with van der Waals surface area (Å²) in [4.78, 5) is 12.4. The maximum atomic E-state index is 12.4. The third-order valence-electron chi connectivity index (χ3n) is 3.86. The Morgan fingerprint density at radius 2 is 2.33 bits per heavy atom. The predicted molar refractivity (Wildman–Crippen MR) is 83.1 cm³/mol. The van der Waals surface area contributed by atoms with Gasteiger partial charge in [-0.1, -0.05) is 18.2 Å². The van der Waals surface area contributed by atoms with Crippen molar-refractivity contribution in [3.8, 4) is 6.07 Å². The van der Waals surface area contributed by atoms with E-state index in [4.69, 9.17) is 4.42 Å². The van der Waals surface area contributed by atoms with Gasteiger partial charge in [0.05, 0.1) is 12.0 Å². The molecule has 1 N–H and O–H groups in total. The topological polar surface area (TPSA) is 66.0 Å². The number of fused-ring (bicyclic) bond motifs is 1. The molecule has 0 radical (unpaired) electrons. The number of carbonyl (C=O) groups is 1. The second-order valence-electron chi connectivity index (χ2n) is 5.39. The third-order valence-corrected chi connectivity index (χ3v) is 5.05. The first kappa shape index (κ1) is 14.0. The number of nitrogens with one attached hydrogen (secondary N) is 1. The number of hydrogen-bond acceptors (Lipinski definition) is 4. The Kier molecular flexibility index (Phi) is 3.64. The highest BCUT2D eigenvalue weighted by Crippen LogP contribution is 2.29. The second-order valence-corrected chi connectivity index (χ2v) is 6.50. The molecular formula is C16H16N2O2S. The maximum Gasteiger partial charge on any atom is 0.231 e. The quantitative estimate of drug-likeness (QED) is 0.946. The molecule has 5 heteroatoms. The number of hydrogen-bond donors (Lipinski definition) is 1. The van der Waals surface area contributed by atoms with Crippen molar-refractivity contribution in [2.24, 2.45) is 0 Å². The van der Waals surface area contributed by atoms with Crippen LogP contribution in [0.1, 0.15) is 25.0 Å². The van der Waals surface area contributed by atoms with Gasteiger partial charge in [-0.15, -0.1) is 0 Å². The maximum absolute atomic E-state index is 12.4. The molecule has 1 amide bonds. The molecule has 1 aliphatic heterocycles. The van der Waals surface area contributed by atoms with Gasteiger partial charge in [-0.3, -0.25) is 4.79 Å². The van der Waals surface area contributed by atoms with Crippen LogP contribution in [0.15, 0.2) is 34.7 Å². The van der Waals surface area contributed by atoms with Gasteiger partial charge in [0.1, 0.15) is 16.9 Å². The molecule has 0 spiro atoms. The molecule has 0 unspecified atom stereocenters. The molecule has 108 valence electrons. The summed E-state index contributed by atoms with van der Waals surface area (Å²) in [5.74, 6) is 1.63. The fraction of sp³-hybridized carbons (Fsp3) is 0.375. The molecule has 2 heterocycles. The smallest absolute Gasteiger partial charge is 0.231 e. The van der Waals surface area contributed by atoms with E-state index in [0.717, 1.165) is 16.7 Å².